The fourth-order valence-corrected chi connectivity index (χ4v) is 1.17. The Labute approximate surface area is 73.6 Å². The maximum Gasteiger partial charge on any atom is 0.139 e. The molecule has 11 heavy (non-hydrogen) atoms. The molecule has 1 radical (unpaired) electrons. The van der Waals surface area contributed by atoms with Crippen molar-refractivity contribution < 1.29 is 0 Å². The lowest BCUT2D eigenvalue weighted by Gasteiger charge is -2.21. The van der Waals surface area contributed by atoms with E-state index >= 15 is 0 Å². The van der Waals surface area contributed by atoms with Crippen LogP contribution in [0.15, 0.2) is 0 Å². The highest BCUT2D eigenvalue weighted by Gasteiger charge is 2.19. The molecule has 0 heterocycles. The van der Waals surface area contributed by atoms with Crippen LogP contribution in [0, 0.1) is 18.3 Å². The van der Waals surface area contributed by atoms with Gasteiger partial charge < -0.3 is 0 Å². The van der Waals surface area contributed by atoms with Gasteiger partial charge in [-0.15, -0.1) is 20.9 Å². The van der Waals surface area contributed by atoms with E-state index in [1.807, 2.05) is 0 Å². The smallest absolute Gasteiger partial charge is 0.120 e. The molecule has 0 N–H and O–H groups in total. The Morgan fingerprint density at radius 2 is 2.18 bits per heavy atom. The minimum Gasteiger partial charge on any atom is -0.120 e. The number of hydrogen-bond donors (Lipinski definition) is 0. The van der Waals surface area contributed by atoms with Gasteiger partial charge >= 0.3 is 0 Å². The van der Waals surface area contributed by atoms with Crippen molar-refractivity contribution in [2.24, 2.45) is 5.92 Å². The third-order valence-electron chi connectivity index (χ3n) is 1.82. The second-order valence-electron chi connectivity index (χ2n) is 3.43. The van der Waals surface area contributed by atoms with Crippen LogP contribution in [0.3, 0.4) is 0 Å². The molecule has 2 atom stereocenters. The first-order valence-corrected chi connectivity index (χ1v) is 5.55. The lowest BCUT2D eigenvalue weighted by molar-refractivity contribution is 0.726. The maximum absolute atomic E-state index is 5.43. The highest BCUT2D eigenvalue weighted by molar-refractivity contribution is 7.42. The van der Waals surface area contributed by atoms with Crippen LogP contribution >= 0.6 is 8.58 Å². The lowest BCUT2D eigenvalue weighted by Crippen LogP contribution is -2.25. The zero-order chi connectivity index (χ0) is 8.91. The van der Waals surface area contributed by atoms with E-state index in [4.69, 9.17) is 6.42 Å². The van der Waals surface area contributed by atoms with Crippen molar-refractivity contribution in [3.05, 3.63) is 0 Å². The maximum atomic E-state index is 5.43. The van der Waals surface area contributed by atoms with Crippen molar-refractivity contribution in [2.75, 3.05) is 6.66 Å². The van der Waals surface area contributed by atoms with Gasteiger partial charge in [-0.1, -0.05) is 33.0 Å². The van der Waals surface area contributed by atoms with Gasteiger partial charge in [-0.2, -0.15) is 0 Å². The van der Waals surface area contributed by atoms with E-state index in [2.05, 4.69) is 40.6 Å². The van der Waals surface area contributed by atoms with Crippen LogP contribution in [0.4, 0.5) is 0 Å². The Morgan fingerprint density at radius 3 is 2.45 bits per heavy atom. The van der Waals surface area contributed by atoms with Gasteiger partial charge in [0.2, 0.25) is 0 Å². The molecular weight excluding hydrogens is 150 g/mol. The summed E-state index contributed by atoms with van der Waals surface area (Å²) in [5, 5.41) is 0.0459. The first kappa shape index (κ1) is 11.1. The van der Waals surface area contributed by atoms with Crippen molar-refractivity contribution in [3.63, 3.8) is 0 Å². The van der Waals surface area contributed by atoms with Crippen LogP contribution < -0.4 is 0 Å². The third kappa shape index (κ3) is 4.49. The summed E-state index contributed by atoms with van der Waals surface area (Å²) < 4.78 is 0. The minimum absolute atomic E-state index is 0.0459. The van der Waals surface area contributed by atoms with E-state index in [1.165, 1.54) is 0 Å². The predicted octanol–water partition coefficient (Wildman–Crippen LogP) is 2.42. The van der Waals surface area contributed by atoms with Gasteiger partial charge in [0.05, 0.1) is 0 Å². The van der Waals surface area contributed by atoms with Gasteiger partial charge in [0.1, 0.15) is 7.28 Å². The molecule has 0 aliphatic rings. The fraction of sp³-hybridized carbons (Fsp3) is 0.778. The number of hydrogen-bond acceptors (Lipinski definition) is 0. The molecule has 2 heteroatoms. The molecule has 0 fully saturated rings. The minimum atomic E-state index is 0.0459. The summed E-state index contributed by atoms with van der Waals surface area (Å²) in [6, 6.07) is 0. The molecule has 2 unspecified atom stereocenters. The summed E-state index contributed by atoms with van der Waals surface area (Å²) in [5.74, 6) is 3.56. The van der Waals surface area contributed by atoms with Gasteiger partial charge in [0.25, 0.3) is 0 Å². The molecule has 0 spiro atoms. The van der Waals surface area contributed by atoms with Crippen LogP contribution in [0.5, 0.6) is 0 Å². The van der Waals surface area contributed by atoms with Gasteiger partial charge in [-0.25, -0.2) is 0 Å². The molecule has 0 amide bonds. The van der Waals surface area contributed by atoms with Crippen molar-refractivity contribution in [2.45, 2.75) is 32.1 Å². The monoisotopic (exact) mass is 167 g/mol. The second kappa shape index (κ2) is 4.84. The topological polar surface area (TPSA) is 0 Å². The molecule has 0 aliphatic heterocycles. The SMILES string of the molecule is C#CC(C)([B]CC(C)C)PC. The molecule has 0 aromatic carbocycles. The van der Waals surface area contributed by atoms with Crippen LogP contribution in [0.2, 0.25) is 6.32 Å². The molecule has 0 nitrogen and oxygen atoms in total. The largest absolute Gasteiger partial charge is 0.139 e. The Hall–Kier alpha value is 0.0549. The lowest BCUT2D eigenvalue weighted by atomic mass is 9.59. The zero-order valence-electron chi connectivity index (χ0n) is 7.94. The van der Waals surface area contributed by atoms with Gasteiger partial charge in [0, 0.05) is 5.06 Å². The summed E-state index contributed by atoms with van der Waals surface area (Å²) in [5.41, 5.74) is 0. The van der Waals surface area contributed by atoms with Crippen molar-refractivity contribution in [1.29, 1.82) is 0 Å². The Kier molecular flexibility index (Phi) is 4.86. The summed E-state index contributed by atoms with van der Waals surface area (Å²) in [4.78, 5) is 0. The normalized spacial score (nSPS) is 16.7. The standard InChI is InChI=1S/C9H17BP/c1-6-9(4,11-5)10-7-8(2)3/h1,8,11H,7H2,2-5H3. The predicted molar refractivity (Wildman–Crippen MR) is 56.9 cm³/mol. The van der Waals surface area contributed by atoms with Crippen LogP contribution in [0.1, 0.15) is 20.8 Å². The van der Waals surface area contributed by atoms with E-state index in [1.54, 1.807) is 0 Å². The zero-order valence-corrected chi connectivity index (χ0v) is 8.94. The molecule has 0 aromatic heterocycles. The van der Waals surface area contributed by atoms with Gasteiger partial charge in [0.15, 0.2) is 0 Å². The summed E-state index contributed by atoms with van der Waals surface area (Å²) in [7, 11) is 3.08. The van der Waals surface area contributed by atoms with Crippen LogP contribution in [-0.4, -0.2) is 19.0 Å². The van der Waals surface area contributed by atoms with E-state index in [-0.39, 0.29) is 5.06 Å². The summed E-state index contributed by atoms with van der Waals surface area (Å²) in [6.07, 6.45) is 6.56. The molecule has 0 aromatic rings. The summed E-state index contributed by atoms with van der Waals surface area (Å²) in [6.45, 7) is 8.73. The number of rotatable bonds is 4. The highest BCUT2D eigenvalue weighted by atomic mass is 31.1. The fourth-order valence-electron chi connectivity index (χ4n) is 0.705. The molecule has 0 bridgehead atoms. The summed E-state index contributed by atoms with van der Waals surface area (Å²) >= 11 is 0. The van der Waals surface area contributed by atoms with Crippen LogP contribution in [-0.2, 0) is 0 Å². The van der Waals surface area contributed by atoms with Gasteiger partial charge in [-0.3, -0.25) is 0 Å². The van der Waals surface area contributed by atoms with Crippen molar-refractivity contribution in [1.82, 2.24) is 0 Å². The average molecular weight is 167 g/mol. The Bertz CT molecular complexity index is 148. The quantitative estimate of drug-likeness (QED) is 0.342. The van der Waals surface area contributed by atoms with E-state index in [0.29, 0.717) is 0 Å². The molecule has 0 saturated carbocycles. The van der Waals surface area contributed by atoms with Crippen LogP contribution in [0.25, 0.3) is 0 Å². The second-order valence-corrected chi connectivity index (χ2v) is 4.97. The van der Waals surface area contributed by atoms with E-state index in [0.717, 1.165) is 20.8 Å². The molecule has 0 aliphatic carbocycles. The third-order valence-corrected chi connectivity index (χ3v) is 3.20. The Morgan fingerprint density at radius 1 is 1.64 bits per heavy atom. The number of terminal acetylenes is 1. The Balaban J connectivity index is 3.81. The molecule has 0 rings (SSSR count). The first-order chi connectivity index (χ1) is 5.04. The average Bonchev–Trinajstić information content (AvgIpc) is 2.00. The molecular formula is C9H17BP. The molecule has 61 valence electrons. The molecule has 0 saturated heterocycles. The highest BCUT2D eigenvalue weighted by Crippen LogP contribution is 2.27. The van der Waals surface area contributed by atoms with E-state index in [9.17, 15) is 0 Å². The first-order valence-electron chi connectivity index (χ1n) is 4.05. The van der Waals surface area contributed by atoms with E-state index < -0.39 is 0 Å². The van der Waals surface area contributed by atoms with Crippen molar-refractivity contribution in [3.8, 4) is 12.3 Å². The van der Waals surface area contributed by atoms with Crippen molar-refractivity contribution >= 4 is 15.9 Å². The van der Waals surface area contributed by atoms with Gasteiger partial charge in [-0.05, 0) is 6.66 Å².